The van der Waals surface area contributed by atoms with Gasteiger partial charge in [0.25, 0.3) is 0 Å². The van der Waals surface area contributed by atoms with Crippen molar-refractivity contribution in [1.82, 2.24) is 0 Å². The highest BCUT2D eigenvalue weighted by molar-refractivity contribution is 5.94. The van der Waals surface area contributed by atoms with E-state index in [0.717, 1.165) is 12.0 Å². The van der Waals surface area contributed by atoms with E-state index >= 15 is 0 Å². The Kier molecular flexibility index (Phi) is 2.73. The molecule has 0 saturated carbocycles. The fourth-order valence-electron chi connectivity index (χ4n) is 1.91. The van der Waals surface area contributed by atoms with Gasteiger partial charge in [-0.15, -0.1) is 0 Å². The number of carbonyl (C=O) groups is 1. The standard InChI is InChI=1S/C12H14O3/c1-2-5-10(13)11-8-6-3-4-7-9(8)12(14)15-11/h3-4,6-7,10-11,13H,2,5H2,1H3/t10-,11-/m1/s1. The molecule has 0 radical (unpaired) electrons. The third-order valence-electron chi connectivity index (χ3n) is 2.66. The molecule has 3 nitrogen and oxygen atoms in total. The highest BCUT2D eigenvalue weighted by atomic mass is 16.6. The Morgan fingerprint density at radius 1 is 1.47 bits per heavy atom. The van der Waals surface area contributed by atoms with Gasteiger partial charge >= 0.3 is 5.97 Å². The summed E-state index contributed by atoms with van der Waals surface area (Å²) in [7, 11) is 0. The largest absolute Gasteiger partial charge is 0.451 e. The topological polar surface area (TPSA) is 46.5 Å². The first-order chi connectivity index (χ1) is 7.24. The van der Waals surface area contributed by atoms with Crippen molar-refractivity contribution in [3.63, 3.8) is 0 Å². The maximum atomic E-state index is 11.5. The van der Waals surface area contributed by atoms with Gasteiger partial charge in [0.2, 0.25) is 0 Å². The Labute approximate surface area is 88.7 Å². The number of cyclic esters (lactones) is 1. The Bertz CT molecular complexity index is 373. The lowest BCUT2D eigenvalue weighted by molar-refractivity contribution is -0.0122. The average molecular weight is 206 g/mol. The quantitative estimate of drug-likeness (QED) is 0.770. The fourth-order valence-corrected chi connectivity index (χ4v) is 1.91. The van der Waals surface area contributed by atoms with Crippen molar-refractivity contribution in [2.24, 2.45) is 0 Å². The van der Waals surface area contributed by atoms with E-state index < -0.39 is 12.2 Å². The summed E-state index contributed by atoms with van der Waals surface area (Å²) in [4.78, 5) is 11.5. The summed E-state index contributed by atoms with van der Waals surface area (Å²) < 4.78 is 5.16. The van der Waals surface area contributed by atoms with Crippen LogP contribution < -0.4 is 0 Å². The molecular weight excluding hydrogens is 192 g/mol. The highest BCUT2D eigenvalue weighted by Crippen LogP contribution is 2.34. The fraction of sp³-hybridized carbons (Fsp3) is 0.417. The van der Waals surface area contributed by atoms with Crippen LogP contribution in [-0.2, 0) is 4.74 Å². The van der Waals surface area contributed by atoms with Crippen LogP contribution >= 0.6 is 0 Å². The summed E-state index contributed by atoms with van der Waals surface area (Å²) in [5.74, 6) is -0.328. The van der Waals surface area contributed by atoms with E-state index in [2.05, 4.69) is 0 Å². The minimum Gasteiger partial charge on any atom is -0.451 e. The van der Waals surface area contributed by atoms with Gasteiger partial charge in [-0.3, -0.25) is 0 Å². The number of carbonyl (C=O) groups excluding carboxylic acids is 1. The van der Waals surface area contributed by atoms with Crippen molar-refractivity contribution in [1.29, 1.82) is 0 Å². The van der Waals surface area contributed by atoms with Gasteiger partial charge in [-0.05, 0) is 12.5 Å². The van der Waals surface area contributed by atoms with E-state index in [1.54, 1.807) is 12.1 Å². The predicted octanol–water partition coefficient (Wildman–Crippen LogP) is 2.06. The molecule has 0 saturated heterocycles. The number of rotatable bonds is 3. The molecule has 0 unspecified atom stereocenters. The maximum Gasteiger partial charge on any atom is 0.339 e. The molecule has 1 aliphatic heterocycles. The molecule has 1 aliphatic rings. The summed E-state index contributed by atoms with van der Waals surface area (Å²) in [6.07, 6.45) is 0.445. The number of hydrogen-bond acceptors (Lipinski definition) is 3. The molecule has 1 heterocycles. The second kappa shape index (κ2) is 4.03. The van der Waals surface area contributed by atoms with Gasteiger partial charge in [0.15, 0.2) is 6.10 Å². The Morgan fingerprint density at radius 2 is 2.20 bits per heavy atom. The van der Waals surface area contributed by atoms with Gasteiger partial charge in [0, 0.05) is 5.56 Å². The summed E-state index contributed by atoms with van der Waals surface area (Å²) >= 11 is 0. The zero-order valence-corrected chi connectivity index (χ0v) is 8.64. The summed E-state index contributed by atoms with van der Waals surface area (Å²) in [5.41, 5.74) is 1.39. The Balaban J connectivity index is 2.28. The van der Waals surface area contributed by atoms with Gasteiger partial charge in [-0.2, -0.15) is 0 Å². The van der Waals surface area contributed by atoms with Crippen LogP contribution in [0.1, 0.15) is 41.8 Å². The molecular formula is C12H14O3. The first-order valence-electron chi connectivity index (χ1n) is 5.22. The number of hydrogen-bond donors (Lipinski definition) is 1. The van der Waals surface area contributed by atoms with Crippen molar-refractivity contribution >= 4 is 5.97 Å². The number of benzene rings is 1. The van der Waals surface area contributed by atoms with E-state index in [1.165, 1.54) is 0 Å². The molecule has 0 amide bonds. The molecule has 0 aromatic heterocycles. The summed E-state index contributed by atoms with van der Waals surface area (Å²) in [6.45, 7) is 1.99. The SMILES string of the molecule is CCC[C@@H](O)[C@@H]1OC(=O)c2ccccc21. The lowest BCUT2D eigenvalue weighted by Gasteiger charge is -2.17. The molecule has 2 atom stereocenters. The van der Waals surface area contributed by atoms with Crippen LogP contribution in [0.25, 0.3) is 0 Å². The molecule has 15 heavy (non-hydrogen) atoms. The molecule has 0 spiro atoms. The molecule has 80 valence electrons. The van der Waals surface area contributed by atoms with Crippen LogP contribution in [0.15, 0.2) is 24.3 Å². The average Bonchev–Trinajstić information content (AvgIpc) is 2.58. The zero-order valence-electron chi connectivity index (χ0n) is 8.64. The molecule has 0 fully saturated rings. The lowest BCUT2D eigenvalue weighted by atomic mass is 9.99. The van der Waals surface area contributed by atoms with E-state index in [9.17, 15) is 9.90 Å². The first kappa shape index (κ1) is 10.2. The number of aliphatic hydroxyl groups is 1. The van der Waals surface area contributed by atoms with E-state index in [0.29, 0.717) is 12.0 Å². The number of esters is 1. The number of aliphatic hydroxyl groups excluding tert-OH is 1. The highest BCUT2D eigenvalue weighted by Gasteiger charge is 2.34. The molecule has 2 rings (SSSR count). The second-order valence-electron chi connectivity index (χ2n) is 3.77. The van der Waals surface area contributed by atoms with E-state index in [-0.39, 0.29) is 5.97 Å². The van der Waals surface area contributed by atoms with Crippen molar-refractivity contribution < 1.29 is 14.6 Å². The van der Waals surface area contributed by atoms with Crippen LogP contribution in [0.2, 0.25) is 0 Å². The monoisotopic (exact) mass is 206 g/mol. The third kappa shape index (κ3) is 1.75. The summed E-state index contributed by atoms with van der Waals surface area (Å²) in [6, 6.07) is 7.22. The molecule has 0 aliphatic carbocycles. The van der Waals surface area contributed by atoms with Crippen LogP contribution in [-0.4, -0.2) is 17.2 Å². The zero-order chi connectivity index (χ0) is 10.8. The van der Waals surface area contributed by atoms with Gasteiger partial charge in [-0.25, -0.2) is 4.79 Å². The maximum absolute atomic E-state index is 11.5. The van der Waals surface area contributed by atoms with Crippen molar-refractivity contribution in [2.75, 3.05) is 0 Å². The number of ether oxygens (including phenoxy) is 1. The second-order valence-corrected chi connectivity index (χ2v) is 3.77. The van der Waals surface area contributed by atoms with Gasteiger partial charge < -0.3 is 9.84 Å². The van der Waals surface area contributed by atoms with Crippen LogP contribution in [0.5, 0.6) is 0 Å². The molecule has 1 aromatic rings. The smallest absolute Gasteiger partial charge is 0.339 e. The Morgan fingerprint density at radius 3 is 2.93 bits per heavy atom. The minimum absolute atomic E-state index is 0.328. The summed E-state index contributed by atoms with van der Waals surface area (Å²) in [5, 5.41) is 9.84. The van der Waals surface area contributed by atoms with Crippen LogP contribution in [0.3, 0.4) is 0 Å². The van der Waals surface area contributed by atoms with Crippen molar-refractivity contribution in [3.8, 4) is 0 Å². The Hall–Kier alpha value is -1.35. The molecule has 0 bridgehead atoms. The van der Waals surface area contributed by atoms with Crippen LogP contribution in [0.4, 0.5) is 0 Å². The normalized spacial score (nSPS) is 20.9. The third-order valence-corrected chi connectivity index (χ3v) is 2.66. The number of fused-ring (bicyclic) bond motifs is 1. The first-order valence-corrected chi connectivity index (χ1v) is 5.22. The molecule has 3 heteroatoms. The van der Waals surface area contributed by atoms with Crippen molar-refractivity contribution in [3.05, 3.63) is 35.4 Å². The van der Waals surface area contributed by atoms with Crippen molar-refractivity contribution in [2.45, 2.75) is 32.0 Å². The van der Waals surface area contributed by atoms with Gasteiger partial charge in [0.05, 0.1) is 11.7 Å². The van der Waals surface area contributed by atoms with Gasteiger partial charge in [0.1, 0.15) is 0 Å². The molecule has 1 aromatic carbocycles. The minimum atomic E-state index is -0.595. The molecule has 1 N–H and O–H groups in total. The van der Waals surface area contributed by atoms with E-state index in [1.807, 2.05) is 19.1 Å². The predicted molar refractivity (Wildman–Crippen MR) is 55.5 cm³/mol. The van der Waals surface area contributed by atoms with Crippen LogP contribution in [0, 0.1) is 0 Å². The van der Waals surface area contributed by atoms with Gasteiger partial charge in [-0.1, -0.05) is 31.5 Å². The van der Waals surface area contributed by atoms with E-state index in [4.69, 9.17) is 4.74 Å². The lowest BCUT2D eigenvalue weighted by Crippen LogP contribution is -2.18.